The average molecular weight is 414 g/mol. The Morgan fingerprint density at radius 2 is 1.16 bits per heavy atom. The smallest absolute Gasteiger partial charge is 0.399 e. The van der Waals surface area contributed by atoms with Gasteiger partial charge in [0.2, 0.25) is 0 Å². The summed E-state index contributed by atoms with van der Waals surface area (Å²) in [6.45, 7) is 17.6. The van der Waals surface area contributed by atoms with E-state index in [9.17, 15) is 0 Å². The van der Waals surface area contributed by atoms with E-state index in [1.165, 1.54) is 33.0 Å². The lowest BCUT2D eigenvalue weighted by atomic mass is 9.74. The minimum atomic E-state index is -0.367. The minimum Gasteiger partial charge on any atom is -0.399 e. The second-order valence-electron chi connectivity index (χ2n) is 10.5. The lowest BCUT2D eigenvalue weighted by Crippen LogP contribution is -2.41. The molecule has 3 aromatic rings. The van der Waals surface area contributed by atoms with Crippen molar-refractivity contribution < 1.29 is 9.31 Å². The molecule has 4 rings (SSSR count). The highest BCUT2D eigenvalue weighted by Gasteiger charge is 2.52. The maximum atomic E-state index is 6.41. The van der Waals surface area contributed by atoms with Gasteiger partial charge in [0.1, 0.15) is 0 Å². The number of benzene rings is 3. The lowest BCUT2D eigenvalue weighted by molar-refractivity contribution is 0.00578. The van der Waals surface area contributed by atoms with Crippen molar-refractivity contribution in [1.82, 2.24) is 0 Å². The van der Waals surface area contributed by atoms with Gasteiger partial charge in [0, 0.05) is 0 Å². The van der Waals surface area contributed by atoms with Gasteiger partial charge >= 0.3 is 7.12 Å². The molecular weight excluding hydrogens is 379 g/mol. The molecule has 0 aliphatic carbocycles. The van der Waals surface area contributed by atoms with Crippen LogP contribution >= 0.6 is 0 Å². The zero-order chi connectivity index (χ0) is 22.6. The highest BCUT2D eigenvalue weighted by molar-refractivity contribution is 6.65. The van der Waals surface area contributed by atoms with E-state index in [0.29, 0.717) is 11.8 Å². The van der Waals surface area contributed by atoms with E-state index < -0.39 is 0 Å². The molecule has 0 unspecified atom stereocenters. The molecule has 0 saturated carbocycles. The minimum absolute atomic E-state index is 0.355. The zero-order valence-electron chi connectivity index (χ0n) is 20.2. The summed E-state index contributed by atoms with van der Waals surface area (Å²) in [7, 11) is -0.367. The standard InChI is InChI=1S/C28H35BO2/c1-18(2)20-14-11-15-21(19(3)4)26(20)24-16-17-25(23-13-10-9-12-22(23)24)29-30-27(5,6)28(7,8)31-29/h9-19H,1-8H3. The van der Waals surface area contributed by atoms with Crippen LogP contribution in [-0.4, -0.2) is 18.3 Å². The Morgan fingerprint density at radius 1 is 0.645 bits per heavy atom. The fourth-order valence-electron chi connectivity index (χ4n) is 4.58. The second-order valence-corrected chi connectivity index (χ2v) is 10.5. The van der Waals surface area contributed by atoms with Gasteiger partial charge in [-0.15, -0.1) is 0 Å². The molecule has 0 amide bonds. The van der Waals surface area contributed by atoms with Crippen LogP contribution in [0.1, 0.15) is 78.4 Å². The van der Waals surface area contributed by atoms with Crippen LogP contribution in [0.2, 0.25) is 0 Å². The predicted molar refractivity (Wildman–Crippen MR) is 133 cm³/mol. The first-order valence-corrected chi connectivity index (χ1v) is 11.5. The predicted octanol–water partition coefficient (Wildman–Crippen LogP) is 7.05. The summed E-state index contributed by atoms with van der Waals surface area (Å²) in [4.78, 5) is 0. The summed E-state index contributed by atoms with van der Waals surface area (Å²) >= 11 is 0. The Morgan fingerprint density at radius 3 is 1.68 bits per heavy atom. The van der Waals surface area contributed by atoms with Crippen LogP contribution in [0.25, 0.3) is 21.9 Å². The SMILES string of the molecule is CC(C)c1cccc(C(C)C)c1-c1ccc(B2OC(C)(C)C(C)(C)O2)c2ccccc12. The van der Waals surface area contributed by atoms with Crippen molar-refractivity contribution in [2.24, 2.45) is 0 Å². The van der Waals surface area contributed by atoms with Gasteiger partial charge in [-0.2, -0.15) is 0 Å². The Labute approximate surface area is 188 Å². The van der Waals surface area contributed by atoms with Gasteiger partial charge in [0.25, 0.3) is 0 Å². The summed E-state index contributed by atoms with van der Waals surface area (Å²) in [5, 5.41) is 2.46. The maximum Gasteiger partial charge on any atom is 0.495 e. The van der Waals surface area contributed by atoms with E-state index in [1.54, 1.807) is 0 Å². The van der Waals surface area contributed by atoms with Crippen LogP contribution in [0, 0.1) is 0 Å². The van der Waals surface area contributed by atoms with Gasteiger partial charge < -0.3 is 9.31 Å². The molecule has 0 atom stereocenters. The molecule has 0 spiro atoms. The van der Waals surface area contributed by atoms with E-state index in [1.807, 2.05) is 0 Å². The zero-order valence-corrected chi connectivity index (χ0v) is 20.2. The Balaban J connectivity index is 1.95. The molecule has 3 heteroatoms. The van der Waals surface area contributed by atoms with E-state index in [4.69, 9.17) is 9.31 Å². The quantitative estimate of drug-likeness (QED) is 0.426. The fraction of sp³-hybridized carbons (Fsp3) is 0.429. The molecule has 1 aliphatic rings. The molecule has 1 heterocycles. The third-order valence-corrected chi connectivity index (χ3v) is 7.11. The van der Waals surface area contributed by atoms with E-state index >= 15 is 0 Å². The maximum absolute atomic E-state index is 6.41. The highest BCUT2D eigenvalue weighted by atomic mass is 16.7. The Hall–Kier alpha value is -2.10. The van der Waals surface area contributed by atoms with E-state index in [0.717, 1.165) is 5.46 Å². The summed E-state index contributed by atoms with van der Waals surface area (Å²) in [6, 6.07) is 19.9. The molecule has 0 N–H and O–H groups in total. The van der Waals surface area contributed by atoms with Gasteiger partial charge in [0.15, 0.2) is 0 Å². The largest absolute Gasteiger partial charge is 0.495 e. The summed E-state index contributed by atoms with van der Waals surface area (Å²) < 4.78 is 12.8. The molecule has 0 radical (unpaired) electrons. The van der Waals surface area contributed by atoms with Gasteiger partial charge in [-0.3, -0.25) is 0 Å². The molecule has 2 nitrogen and oxygen atoms in total. The molecule has 3 aromatic carbocycles. The molecule has 162 valence electrons. The first-order valence-electron chi connectivity index (χ1n) is 11.5. The van der Waals surface area contributed by atoms with Gasteiger partial charge in [-0.1, -0.05) is 82.3 Å². The van der Waals surface area contributed by atoms with Crippen molar-refractivity contribution in [3.8, 4) is 11.1 Å². The van der Waals surface area contributed by atoms with E-state index in [2.05, 4.69) is 110 Å². The topological polar surface area (TPSA) is 18.5 Å². The number of hydrogen-bond acceptors (Lipinski definition) is 2. The van der Waals surface area contributed by atoms with Crippen molar-refractivity contribution in [3.05, 3.63) is 65.7 Å². The van der Waals surface area contributed by atoms with Crippen LogP contribution in [0.5, 0.6) is 0 Å². The normalized spacial score (nSPS) is 17.8. The van der Waals surface area contributed by atoms with Crippen molar-refractivity contribution in [2.75, 3.05) is 0 Å². The van der Waals surface area contributed by atoms with Crippen molar-refractivity contribution in [2.45, 2.75) is 78.4 Å². The highest BCUT2D eigenvalue weighted by Crippen LogP contribution is 2.41. The summed E-state index contributed by atoms with van der Waals surface area (Å²) in [5.74, 6) is 0.908. The first-order chi connectivity index (χ1) is 14.5. The summed E-state index contributed by atoms with van der Waals surface area (Å²) in [5.41, 5.74) is 5.87. The summed E-state index contributed by atoms with van der Waals surface area (Å²) in [6.07, 6.45) is 0. The first kappa shape index (κ1) is 22.1. The van der Waals surface area contributed by atoms with Crippen LogP contribution < -0.4 is 5.46 Å². The molecule has 1 fully saturated rings. The van der Waals surface area contributed by atoms with E-state index in [-0.39, 0.29) is 18.3 Å². The monoisotopic (exact) mass is 414 g/mol. The van der Waals surface area contributed by atoms with Crippen LogP contribution in [-0.2, 0) is 9.31 Å². The second kappa shape index (κ2) is 7.80. The Bertz CT molecular complexity index is 1070. The van der Waals surface area contributed by atoms with Crippen molar-refractivity contribution in [3.63, 3.8) is 0 Å². The fourth-order valence-corrected chi connectivity index (χ4v) is 4.58. The van der Waals surface area contributed by atoms with Crippen LogP contribution in [0.4, 0.5) is 0 Å². The van der Waals surface area contributed by atoms with Gasteiger partial charge in [0.05, 0.1) is 11.2 Å². The average Bonchev–Trinajstić information content (AvgIpc) is 2.93. The number of rotatable bonds is 4. The third kappa shape index (κ3) is 3.72. The lowest BCUT2D eigenvalue weighted by Gasteiger charge is -2.32. The Kier molecular flexibility index (Phi) is 5.56. The molecule has 1 saturated heterocycles. The van der Waals surface area contributed by atoms with Gasteiger partial charge in [-0.05, 0) is 78.0 Å². The number of hydrogen-bond donors (Lipinski definition) is 0. The molecular formula is C28H35BO2. The van der Waals surface area contributed by atoms with Crippen LogP contribution in [0.3, 0.4) is 0 Å². The molecule has 0 aromatic heterocycles. The molecule has 31 heavy (non-hydrogen) atoms. The number of fused-ring (bicyclic) bond motifs is 1. The van der Waals surface area contributed by atoms with Gasteiger partial charge in [-0.25, -0.2) is 0 Å². The van der Waals surface area contributed by atoms with Crippen LogP contribution in [0.15, 0.2) is 54.6 Å². The third-order valence-electron chi connectivity index (χ3n) is 7.11. The molecule has 1 aliphatic heterocycles. The van der Waals surface area contributed by atoms with Crippen molar-refractivity contribution >= 4 is 23.4 Å². The molecule has 0 bridgehead atoms. The van der Waals surface area contributed by atoms with Crippen molar-refractivity contribution in [1.29, 1.82) is 0 Å².